The van der Waals surface area contributed by atoms with Crippen LogP contribution < -0.4 is 19.9 Å². The van der Waals surface area contributed by atoms with E-state index in [9.17, 15) is 10.1 Å². The second-order valence-electron chi connectivity index (χ2n) is 7.34. The summed E-state index contributed by atoms with van der Waals surface area (Å²) in [5, 5.41) is 10.8. The molecule has 2 N–H and O–H groups in total. The van der Waals surface area contributed by atoms with E-state index in [1.165, 1.54) is 18.4 Å². The third kappa shape index (κ3) is 3.47. The van der Waals surface area contributed by atoms with Crippen molar-refractivity contribution in [1.29, 1.82) is 5.26 Å². The number of thiophene rings is 1. The lowest BCUT2D eigenvalue weighted by molar-refractivity contribution is 0.0729. The highest BCUT2D eigenvalue weighted by Gasteiger charge is 2.35. The SMILES string of the molecule is COc1ccccc1C(=O)Oc1ccccc1C1C(C#N)=C(N)Oc2c1sc1ccccc21. The molecule has 2 heterocycles. The van der Waals surface area contributed by atoms with Gasteiger partial charge in [0.2, 0.25) is 5.88 Å². The molecule has 0 spiro atoms. The molecule has 1 aliphatic rings. The molecule has 7 heteroatoms. The number of carbonyl (C=O) groups excluding carboxylic acids is 1. The second kappa shape index (κ2) is 8.34. The molecule has 4 aromatic rings. The molecule has 1 aliphatic heterocycles. The van der Waals surface area contributed by atoms with Gasteiger partial charge in [0.25, 0.3) is 0 Å². The van der Waals surface area contributed by atoms with Crippen molar-refractivity contribution >= 4 is 27.4 Å². The number of ether oxygens (including phenoxy) is 3. The number of fused-ring (bicyclic) bond motifs is 3. The van der Waals surface area contributed by atoms with E-state index in [1.807, 2.05) is 36.4 Å². The highest BCUT2D eigenvalue weighted by Crippen LogP contribution is 2.51. The number of methoxy groups -OCH3 is 1. The molecular weight excluding hydrogens is 436 g/mol. The average molecular weight is 455 g/mol. The number of carbonyl (C=O) groups is 1. The maximum Gasteiger partial charge on any atom is 0.347 e. The second-order valence-corrected chi connectivity index (χ2v) is 8.43. The van der Waals surface area contributed by atoms with Crippen molar-refractivity contribution in [2.45, 2.75) is 5.92 Å². The van der Waals surface area contributed by atoms with Crippen LogP contribution in [0.25, 0.3) is 10.1 Å². The first-order valence-corrected chi connectivity index (χ1v) is 11.0. The Morgan fingerprint density at radius 3 is 2.52 bits per heavy atom. The van der Waals surface area contributed by atoms with Crippen molar-refractivity contribution < 1.29 is 19.0 Å². The molecule has 0 aliphatic carbocycles. The zero-order chi connectivity index (χ0) is 22.9. The fourth-order valence-electron chi connectivity index (χ4n) is 3.97. The zero-order valence-electron chi connectivity index (χ0n) is 17.6. The summed E-state index contributed by atoms with van der Waals surface area (Å²) in [5.74, 6) is 0.341. The standard InChI is InChI=1S/C26H18N2O4S/c1-30-19-11-5-3-9-16(19)26(29)31-20-12-6-2-8-15(20)22-18(14-27)25(28)32-23-17-10-4-7-13-21(17)33-24(22)23/h2-13,22H,28H2,1H3. The number of allylic oxidation sites excluding steroid dienone is 1. The number of nitrogens with two attached hydrogens (primary N) is 1. The molecule has 0 fully saturated rings. The predicted octanol–water partition coefficient (Wildman–Crippen LogP) is 5.35. The van der Waals surface area contributed by atoms with Gasteiger partial charge in [-0.25, -0.2) is 4.79 Å². The largest absolute Gasteiger partial charge is 0.496 e. The van der Waals surface area contributed by atoms with E-state index >= 15 is 0 Å². The van der Waals surface area contributed by atoms with Crippen LogP contribution in [0.4, 0.5) is 0 Å². The molecule has 5 rings (SSSR count). The monoisotopic (exact) mass is 454 g/mol. The summed E-state index contributed by atoms with van der Waals surface area (Å²) in [6.45, 7) is 0. The molecule has 1 aromatic heterocycles. The first-order chi connectivity index (χ1) is 16.1. The van der Waals surface area contributed by atoms with Crippen LogP contribution in [0.15, 0.2) is 84.3 Å². The first kappa shape index (κ1) is 20.6. The number of rotatable bonds is 4. The quantitative estimate of drug-likeness (QED) is 0.330. The summed E-state index contributed by atoms with van der Waals surface area (Å²) in [6, 6.07) is 24.0. The van der Waals surface area contributed by atoms with Crippen molar-refractivity contribution in [2.24, 2.45) is 5.73 Å². The van der Waals surface area contributed by atoms with Gasteiger partial charge in [-0.1, -0.05) is 42.5 Å². The molecule has 0 bridgehead atoms. The molecule has 6 nitrogen and oxygen atoms in total. The van der Waals surface area contributed by atoms with Crippen molar-refractivity contribution in [3.63, 3.8) is 0 Å². The Balaban J connectivity index is 1.63. The Labute approximate surface area is 194 Å². The Hall–Kier alpha value is -4.28. The van der Waals surface area contributed by atoms with Gasteiger partial charge in [0, 0.05) is 15.6 Å². The van der Waals surface area contributed by atoms with E-state index in [0.717, 1.165) is 15.0 Å². The molecule has 0 saturated heterocycles. The molecular formula is C26H18N2O4S. The van der Waals surface area contributed by atoms with Crippen molar-refractivity contribution in [3.05, 3.63) is 100 Å². The molecule has 3 aromatic carbocycles. The molecule has 1 unspecified atom stereocenters. The van der Waals surface area contributed by atoms with Crippen LogP contribution in [0.3, 0.4) is 0 Å². The Morgan fingerprint density at radius 1 is 1.03 bits per heavy atom. The Bertz CT molecular complexity index is 1460. The number of hydrogen-bond donors (Lipinski definition) is 1. The van der Waals surface area contributed by atoms with Crippen molar-refractivity contribution in [3.8, 4) is 23.3 Å². The van der Waals surface area contributed by atoms with E-state index < -0.39 is 11.9 Å². The summed E-state index contributed by atoms with van der Waals surface area (Å²) in [5.41, 5.74) is 7.41. The number of esters is 1. The van der Waals surface area contributed by atoms with Crippen LogP contribution >= 0.6 is 11.3 Å². The number of nitriles is 1. The maximum atomic E-state index is 13.0. The summed E-state index contributed by atoms with van der Waals surface area (Å²) in [7, 11) is 1.50. The van der Waals surface area contributed by atoms with E-state index in [4.69, 9.17) is 19.9 Å². The van der Waals surface area contributed by atoms with Crippen LogP contribution in [0, 0.1) is 11.3 Å². The minimum atomic E-state index is -0.556. The minimum Gasteiger partial charge on any atom is -0.496 e. The van der Waals surface area contributed by atoms with Gasteiger partial charge in [0.15, 0.2) is 5.75 Å². The lowest BCUT2D eigenvalue weighted by atomic mass is 9.87. The van der Waals surface area contributed by atoms with Gasteiger partial charge < -0.3 is 19.9 Å². The van der Waals surface area contributed by atoms with Crippen LogP contribution in [0.1, 0.15) is 26.7 Å². The van der Waals surface area contributed by atoms with Gasteiger partial charge in [-0.05, 0) is 30.3 Å². The maximum absolute atomic E-state index is 13.0. The van der Waals surface area contributed by atoms with E-state index in [-0.39, 0.29) is 11.5 Å². The minimum absolute atomic E-state index is 0.0458. The van der Waals surface area contributed by atoms with Gasteiger partial charge >= 0.3 is 5.97 Å². The first-order valence-electron chi connectivity index (χ1n) is 10.2. The molecule has 0 radical (unpaired) electrons. The lowest BCUT2D eigenvalue weighted by Crippen LogP contribution is -2.20. The lowest BCUT2D eigenvalue weighted by Gasteiger charge is -2.25. The highest BCUT2D eigenvalue weighted by molar-refractivity contribution is 7.19. The summed E-state index contributed by atoms with van der Waals surface area (Å²) >= 11 is 1.53. The van der Waals surface area contributed by atoms with Crippen LogP contribution in [-0.2, 0) is 0 Å². The number of hydrogen-bond acceptors (Lipinski definition) is 7. The van der Waals surface area contributed by atoms with Crippen LogP contribution in [0.2, 0.25) is 0 Å². The Kier molecular flexibility index (Phi) is 5.21. The summed E-state index contributed by atoms with van der Waals surface area (Å²) < 4.78 is 18.0. The average Bonchev–Trinajstić information content (AvgIpc) is 3.21. The third-order valence-electron chi connectivity index (χ3n) is 5.48. The molecule has 0 saturated carbocycles. The van der Waals surface area contributed by atoms with Crippen molar-refractivity contribution in [1.82, 2.24) is 0 Å². The van der Waals surface area contributed by atoms with Crippen LogP contribution in [-0.4, -0.2) is 13.1 Å². The van der Waals surface area contributed by atoms with Gasteiger partial charge in [0.1, 0.15) is 28.7 Å². The molecule has 33 heavy (non-hydrogen) atoms. The number of nitrogens with zero attached hydrogens (tertiary/aromatic N) is 1. The molecule has 0 amide bonds. The number of para-hydroxylation sites is 2. The van der Waals surface area contributed by atoms with Gasteiger partial charge in [-0.3, -0.25) is 0 Å². The fourth-order valence-corrected chi connectivity index (χ4v) is 5.23. The molecule has 162 valence electrons. The Morgan fingerprint density at radius 2 is 1.73 bits per heavy atom. The van der Waals surface area contributed by atoms with E-state index in [0.29, 0.717) is 28.4 Å². The molecule has 1 atom stereocenters. The van der Waals surface area contributed by atoms with Crippen LogP contribution in [0.5, 0.6) is 17.2 Å². The van der Waals surface area contributed by atoms with Gasteiger partial charge in [-0.2, -0.15) is 5.26 Å². The third-order valence-corrected chi connectivity index (χ3v) is 6.70. The number of benzene rings is 3. The topological polar surface area (TPSA) is 94.6 Å². The normalized spacial score (nSPS) is 14.8. The highest BCUT2D eigenvalue weighted by atomic mass is 32.1. The zero-order valence-corrected chi connectivity index (χ0v) is 18.4. The fraction of sp³-hybridized carbons (Fsp3) is 0.0769. The van der Waals surface area contributed by atoms with Gasteiger partial charge in [0.05, 0.1) is 17.9 Å². The predicted molar refractivity (Wildman–Crippen MR) is 126 cm³/mol. The smallest absolute Gasteiger partial charge is 0.347 e. The van der Waals surface area contributed by atoms with Gasteiger partial charge in [-0.15, -0.1) is 11.3 Å². The van der Waals surface area contributed by atoms with E-state index in [2.05, 4.69) is 6.07 Å². The van der Waals surface area contributed by atoms with E-state index in [1.54, 1.807) is 36.4 Å². The van der Waals surface area contributed by atoms with Crippen molar-refractivity contribution in [2.75, 3.05) is 7.11 Å². The summed E-state index contributed by atoms with van der Waals surface area (Å²) in [6.07, 6.45) is 0. The summed E-state index contributed by atoms with van der Waals surface area (Å²) in [4.78, 5) is 13.8.